The second-order valence-electron chi connectivity index (χ2n) is 2.86. The average Bonchev–Trinajstić information content (AvgIpc) is 2.02. The van der Waals surface area contributed by atoms with Crippen molar-refractivity contribution in [2.45, 2.75) is 25.9 Å². The summed E-state index contributed by atoms with van der Waals surface area (Å²) in [4.78, 5) is 10.3. The molecule has 7 heteroatoms. The fourth-order valence-electron chi connectivity index (χ4n) is 0.969. The first-order chi connectivity index (χ1) is 6.10. The average molecular weight is 218 g/mol. The Morgan fingerprint density at radius 2 is 2.07 bits per heavy atom. The number of rotatable bonds is 7. The predicted molar refractivity (Wildman–Crippen MR) is 53.9 cm³/mol. The van der Waals surface area contributed by atoms with Crippen LogP contribution in [0.15, 0.2) is 0 Å². The molecule has 0 spiro atoms. The van der Waals surface area contributed by atoms with E-state index in [1.165, 1.54) is 0 Å². The fraction of sp³-hybridized carbons (Fsp3) is 0.857. The Hall–Kier alpha value is 0.137. The van der Waals surface area contributed by atoms with Crippen molar-refractivity contribution in [1.82, 2.24) is 0 Å². The van der Waals surface area contributed by atoms with Gasteiger partial charge in [-0.15, -0.1) is 0 Å². The van der Waals surface area contributed by atoms with Crippen molar-refractivity contribution >= 4 is 36.1 Å². The van der Waals surface area contributed by atoms with E-state index in [2.05, 4.69) is 4.18 Å². The second kappa shape index (κ2) is 9.68. The van der Waals surface area contributed by atoms with E-state index < -0.39 is 17.1 Å². The molecular weight excluding hydrogens is 203 g/mol. The van der Waals surface area contributed by atoms with Gasteiger partial charge in [0.2, 0.25) is 0 Å². The Bertz CT molecular complexity index is 210. The molecule has 2 unspecified atom stereocenters. The Morgan fingerprint density at radius 3 is 2.43 bits per heavy atom. The molecule has 0 aliphatic carbocycles. The monoisotopic (exact) mass is 218 g/mol. The first kappa shape index (κ1) is 16.6. The molecule has 0 bridgehead atoms. The Balaban J connectivity index is 0. The van der Waals surface area contributed by atoms with Crippen molar-refractivity contribution in [1.29, 1.82) is 0 Å². The summed E-state index contributed by atoms with van der Waals surface area (Å²) in [6.07, 6.45) is 0.387. The van der Waals surface area contributed by atoms with Crippen LogP contribution in [0.1, 0.15) is 19.8 Å². The number of thiol groups is 1. The Morgan fingerprint density at radius 1 is 1.50 bits per heavy atom. The first-order valence-electron chi connectivity index (χ1n) is 3.97. The first-order valence-corrected chi connectivity index (χ1v) is 5.07. The van der Waals surface area contributed by atoms with E-state index in [1.807, 2.05) is 6.92 Å². The van der Waals surface area contributed by atoms with Crippen molar-refractivity contribution in [2.24, 2.45) is 5.92 Å². The summed E-state index contributed by atoms with van der Waals surface area (Å²) in [6, 6.07) is 0. The van der Waals surface area contributed by atoms with Gasteiger partial charge >= 0.3 is 18.9 Å². The van der Waals surface area contributed by atoms with Crippen LogP contribution in [0.4, 0.5) is 0 Å². The molecule has 0 aromatic carbocycles. The molecule has 0 fully saturated rings. The molecule has 0 saturated carbocycles. The van der Waals surface area contributed by atoms with E-state index in [1.54, 1.807) is 0 Å². The number of aldehydes is 1. The molecule has 0 rings (SSSR count). The normalized spacial score (nSPS) is 14.5. The van der Waals surface area contributed by atoms with Crippen molar-refractivity contribution in [3.8, 4) is 0 Å². The maximum atomic E-state index is 10.3. The van der Waals surface area contributed by atoms with Crippen molar-refractivity contribution in [3.63, 3.8) is 0 Å². The van der Waals surface area contributed by atoms with Gasteiger partial charge in [-0.3, -0.25) is 4.18 Å². The second-order valence-corrected chi connectivity index (χ2v) is 3.51. The van der Waals surface area contributed by atoms with Crippen LogP contribution in [-0.4, -0.2) is 51.4 Å². The van der Waals surface area contributed by atoms with Crippen LogP contribution >= 0.6 is 0 Å². The van der Waals surface area contributed by atoms with Gasteiger partial charge in [-0.1, -0.05) is 6.92 Å². The summed E-state index contributed by atoms with van der Waals surface area (Å²) in [5.74, 6) is 0.0650. The number of aliphatic hydroxyl groups excluding tert-OH is 1. The molecule has 0 aromatic rings. The van der Waals surface area contributed by atoms with E-state index in [4.69, 9.17) is 5.11 Å². The van der Waals surface area contributed by atoms with Crippen LogP contribution in [0.2, 0.25) is 0 Å². The summed E-state index contributed by atoms with van der Waals surface area (Å²) >= 11 is 0. The van der Waals surface area contributed by atoms with E-state index in [-0.39, 0.29) is 31.4 Å². The van der Waals surface area contributed by atoms with Gasteiger partial charge in [-0.2, -0.15) is 0 Å². The molecular formula is C7H15LiO5S. The van der Waals surface area contributed by atoms with Gasteiger partial charge in [0.1, 0.15) is 12.4 Å². The van der Waals surface area contributed by atoms with E-state index in [9.17, 15) is 13.2 Å². The van der Waals surface area contributed by atoms with E-state index in [0.29, 0.717) is 19.1 Å². The number of carbonyl (C=O) groups excluding carboxylic acids is 1. The summed E-state index contributed by atoms with van der Waals surface area (Å²) < 4.78 is 24.5. The molecule has 0 aliphatic heterocycles. The quantitative estimate of drug-likeness (QED) is 0.320. The van der Waals surface area contributed by atoms with Gasteiger partial charge in [0, 0.05) is 6.61 Å². The van der Waals surface area contributed by atoms with Gasteiger partial charge < -0.3 is 9.90 Å². The van der Waals surface area contributed by atoms with Crippen LogP contribution in [-0.2, 0) is 20.0 Å². The molecule has 0 aromatic heterocycles. The Labute approximate surface area is 97.2 Å². The molecule has 14 heavy (non-hydrogen) atoms. The molecule has 0 aliphatic rings. The zero-order valence-corrected chi connectivity index (χ0v) is 8.28. The van der Waals surface area contributed by atoms with Gasteiger partial charge in [0.05, 0.1) is 0 Å². The van der Waals surface area contributed by atoms with Gasteiger partial charge in [0.15, 0.2) is 0 Å². The third kappa shape index (κ3) is 8.72. The van der Waals surface area contributed by atoms with Crippen molar-refractivity contribution in [3.05, 3.63) is 0 Å². The van der Waals surface area contributed by atoms with Crippen LogP contribution in [0.25, 0.3) is 0 Å². The molecule has 0 amide bonds. The number of hydrogen-bond acceptors (Lipinski definition) is 5. The molecule has 5 nitrogen and oxygen atoms in total. The molecule has 0 heterocycles. The van der Waals surface area contributed by atoms with Crippen LogP contribution in [0.5, 0.6) is 0 Å². The SMILES string of the molecule is CC(CCO)CC(C=O)O[SH](=O)=O.[LiH]. The minimum atomic E-state index is -2.98. The van der Waals surface area contributed by atoms with Crippen molar-refractivity contribution in [2.75, 3.05) is 6.61 Å². The van der Waals surface area contributed by atoms with Crippen LogP contribution in [0.3, 0.4) is 0 Å². The number of aliphatic hydroxyl groups is 1. The molecule has 0 saturated heterocycles. The maximum absolute atomic E-state index is 10.3. The Kier molecular flexibility index (Phi) is 11.5. The summed E-state index contributed by atoms with van der Waals surface area (Å²) in [5, 5.41) is 8.56. The topological polar surface area (TPSA) is 80.7 Å². The zero-order valence-electron chi connectivity index (χ0n) is 7.38. The summed E-state index contributed by atoms with van der Waals surface area (Å²) in [5.41, 5.74) is 0. The summed E-state index contributed by atoms with van der Waals surface area (Å²) in [7, 11) is -2.98. The third-order valence-electron chi connectivity index (χ3n) is 1.63. The van der Waals surface area contributed by atoms with E-state index >= 15 is 0 Å². The fourth-order valence-corrected chi connectivity index (χ4v) is 1.33. The van der Waals surface area contributed by atoms with Gasteiger partial charge in [0.25, 0.3) is 11.0 Å². The van der Waals surface area contributed by atoms with Crippen LogP contribution in [0, 0.1) is 5.92 Å². The molecule has 1 N–H and O–H groups in total. The standard InChI is InChI=1S/C7H14O5S.Li.H/c1-6(2-3-8)4-7(5-9)12-13(10)11;;/h5-8,13H,2-4H2,1H3;;. The third-order valence-corrected chi connectivity index (χ3v) is 2.07. The summed E-state index contributed by atoms with van der Waals surface area (Å²) in [6.45, 7) is 1.84. The number of carbonyl (C=O) groups is 1. The predicted octanol–water partition coefficient (Wildman–Crippen LogP) is -1.14. The molecule has 80 valence electrons. The number of hydrogen-bond donors (Lipinski definition) is 2. The molecule has 0 radical (unpaired) electrons. The van der Waals surface area contributed by atoms with Gasteiger partial charge in [-0.05, 0) is 18.8 Å². The van der Waals surface area contributed by atoms with Crippen molar-refractivity contribution < 1.29 is 22.5 Å². The molecule has 2 atom stereocenters. The van der Waals surface area contributed by atoms with Gasteiger partial charge in [-0.25, -0.2) is 8.42 Å². The zero-order chi connectivity index (χ0) is 10.3. The minimum absolute atomic E-state index is 0. The van der Waals surface area contributed by atoms with E-state index in [0.717, 1.165) is 0 Å². The van der Waals surface area contributed by atoms with Crippen LogP contribution < -0.4 is 0 Å².